The van der Waals surface area contributed by atoms with Gasteiger partial charge in [0.05, 0.1) is 12.1 Å². The van der Waals surface area contributed by atoms with Crippen LogP contribution in [0.3, 0.4) is 0 Å². The van der Waals surface area contributed by atoms with E-state index in [4.69, 9.17) is 16.0 Å². The van der Waals surface area contributed by atoms with Gasteiger partial charge in [-0.25, -0.2) is 4.98 Å². The zero-order chi connectivity index (χ0) is 17.9. The molecule has 6 nitrogen and oxygen atoms in total. The minimum absolute atomic E-state index is 0.462. The Hall–Kier alpha value is -2.77. The van der Waals surface area contributed by atoms with Crippen molar-refractivity contribution >= 4 is 28.6 Å². The number of thiazole rings is 1. The van der Waals surface area contributed by atoms with E-state index in [0.717, 1.165) is 27.3 Å². The van der Waals surface area contributed by atoms with Crippen molar-refractivity contribution < 1.29 is 4.42 Å². The molecule has 4 rings (SSSR count). The summed E-state index contributed by atoms with van der Waals surface area (Å²) in [6.07, 6.45) is 5.15. The average Bonchev–Trinajstić information content (AvgIpc) is 3.30. The molecule has 0 bridgehead atoms. The van der Waals surface area contributed by atoms with Crippen LogP contribution in [0, 0.1) is 6.92 Å². The third kappa shape index (κ3) is 3.58. The van der Waals surface area contributed by atoms with Crippen LogP contribution in [0.15, 0.2) is 53.3 Å². The normalized spacial score (nSPS) is 10.8. The molecule has 0 saturated carbocycles. The summed E-state index contributed by atoms with van der Waals surface area (Å²) in [6.45, 7) is 2.64. The number of hydrogen-bond donors (Lipinski definition) is 1. The minimum Gasteiger partial charge on any atom is -0.416 e. The van der Waals surface area contributed by atoms with Gasteiger partial charge in [-0.3, -0.25) is 4.98 Å². The Kier molecular flexibility index (Phi) is 4.64. The second-order valence-electron chi connectivity index (χ2n) is 5.63. The fraction of sp³-hybridized carbons (Fsp3) is 0.111. The predicted molar refractivity (Wildman–Crippen MR) is 102 cm³/mol. The maximum absolute atomic E-state index is 5.89. The summed E-state index contributed by atoms with van der Waals surface area (Å²) in [6, 6.07) is 9.72. The highest BCUT2D eigenvalue weighted by molar-refractivity contribution is 7.15. The molecule has 1 N–H and O–H groups in total. The standard InChI is InChI=1S/C18H14ClN5OS/c1-11-2-3-15(21-9-13-10-22-18(19)26-13)14(8-11)17-24-23-16(25-17)12-4-6-20-7-5-12/h2-8,10,21H,9H2,1H3. The van der Waals surface area contributed by atoms with E-state index in [2.05, 4.69) is 25.5 Å². The van der Waals surface area contributed by atoms with Crippen molar-refractivity contribution in [2.24, 2.45) is 0 Å². The molecule has 0 unspecified atom stereocenters. The van der Waals surface area contributed by atoms with Gasteiger partial charge < -0.3 is 9.73 Å². The highest BCUT2D eigenvalue weighted by atomic mass is 35.5. The highest BCUT2D eigenvalue weighted by Gasteiger charge is 2.14. The van der Waals surface area contributed by atoms with E-state index in [-0.39, 0.29) is 0 Å². The molecule has 0 saturated heterocycles. The third-order valence-electron chi connectivity index (χ3n) is 3.74. The quantitative estimate of drug-likeness (QED) is 0.532. The summed E-state index contributed by atoms with van der Waals surface area (Å²) in [4.78, 5) is 9.11. The number of rotatable bonds is 5. The number of hydrogen-bond acceptors (Lipinski definition) is 7. The smallest absolute Gasteiger partial charge is 0.250 e. The van der Waals surface area contributed by atoms with Crippen molar-refractivity contribution in [3.8, 4) is 22.9 Å². The van der Waals surface area contributed by atoms with Crippen LogP contribution in [-0.2, 0) is 6.54 Å². The van der Waals surface area contributed by atoms with Gasteiger partial charge in [-0.15, -0.1) is 21.5 Å². The number of aryl methyl sites for hydroxylation is 1. The molecule has 4 aromatic rings. The fourth-order valence-corrected chi connectivity index (χ4v) is 3.40. The van der Waals surface area contributed by atoms with Crippen molar-refractivity contribution in [2.45, 2.75) is 13.5 Å². The van der Waals surface area contributed by atoms with Crippen LogP contribution in [0.1, 0.15) is 10.4 Å². The molecule has 0 aliphatic heterocycles. The Morgan fingerprint density at radius 3 is 2.69 bits per heavy atom. The molecular formula is C18H14ClN5OS. The second kappa shape index (κ2) is 7.23. The Morgan fingerprint density at radius 1 is 1.12 bits per heavy atom. The fourth-order valence-electron chi connectivity index (χ4n) is 2.48. The Balaban J connectivity index is 1.63. The molecular weight excluding hydrogens is 370 g/mol. The number of nitrogens with zero attached hydrogens (tertiary/aromatic N) is 4. The Bertz CT molecular complexity index is 1030. The van der Waals surface area contributed by atoms with Crippen LogP contribution in [0.5, 0.6) is 0 Å². The van der Waals surface area contributed by atoms with Crippen LogP contribution in [0.25, 0.3) is 22.9 Å². The van der Waals surface area contributed by atoms with Gasteiger partial charge in [0, 0.05) is 34.7 Å². The van der Waals surface area contributed by atoms with Gasteiger partial charge in [-0.1, -0.05) is 23.2 Å². The van der Waals surface area contributed by atoms with E-state index in [1.165, 1.54) is 11.3 Å². The van der Waals surface area contributed by atoms with E-state index in [1.807, 2.05) is 37.3 Å². The lowest BCUT2D eigenvalue weighted by Gasteiger charge is -2.09. The lowest BCUT2D eigenvalue weighted by Crippen LogP contribution is -2.00. The summed E-state index contributed by atoms with van der Waals surface area (Å²) in [5.41, 5.74) is 3.70. The number of anilines is 1. The summed E-state index contributed by atoms with van der Waals surface area (Å²) < 4.78 is 6.42. The summed E-state index contributed by atoms with van der Waals surface area (Å²) in [7, 11) is 0. The van der Waals surface area contributed by atoms with Gasteiger partial charge in [0.15, 0.2) is 4.47 Å². The van der Waals surface area contributed by atoms with Crippen LogP contribution in [0.2, 0.25) is 4.47 Å². The van der Waals surface area contributed by atoms with Gasteiger partial charge in [0.25, 0.3) is 0 Å². The van der Waals surface area contributed by atoms with E-state index in [9.17, 15) is 0 Å². The largest absolute Gasteiger partial charge is 0.416 e. The van der Waals surface area contributed by atoms with E-state index >= 15 is 0 Å². The number of pyridine rings is 1. The first-order valence-corrected chi connectivity index (χ1v) is 9.07. The van der Waals surface area contributed by atoms with Gasteiger partial charge in [-0.2, -0.15) is 0 Å². The van der Waals surface area contributed by atoms with Crippen molar-refractivity contribution in [3.63, 3.8) is 0 Å². The number of halogens is 1. The molecule has 0 amide bonds. The first kappa shape index (κ1) is 16.7. The van der Waals surface area contributed by atoms with Crippen molar-refractivity contribution in [1.29, 1.82) is 0 Å². The van der Waals surface area contributed by atoms with Crippen LogP contribution in [0.4, 0.5) is 5.69 Å². The van der Waals surface area contributed by atoms with Crippen LogP contribution >= 0.6 is 22.9 Å². The number of benzene rings is 1. The van der Waals surface area contributed by atoms with Gasteiger partial charge >= 0.3 is 0 Å². The monoisotopic (exact) mass is 383 g/mol. The van der Waals surface area contributed by atoms with E-state index in [1.54, 1.807) is 18.6 Å². The number of nitrogens with one attached hydrogen (secondary N) is 1. The number of aromatic nitrogens is 4. The Labute approximate surface area is 158 Å². The minimum atomic E-state index is 0.462. The topological polar surface area (TPSA) is 76.7 Å². The molecule has 26 heavy (non-hydrogen) atoms. The zero-order valence-corrected chi connectivity index (χ0v) is 15.4. The molecule has 3 aromatic heterocycles. The summed E-state index contributed by atoms with van der Waals surface area (Å²) in [5, 5.41) is 11.8. The first-order valence-electron chi connectivity index (χ1n) is 7.88. The van der Waals surface area contributed by atoms with Gasteiger partial charge in [0.2, 0.25) is 11.8 Å². The first-order chi connectivity index (χ1) is 12.7. The third-order valence-corrected chi connectivity index (χ3v) is 4.85. The highest BCUT2D eigenvalue weighted by Crippen LogP contribution is 2.31. The molecule has 0 radical (unpaired) electrons. The molecule has 130 valence electrons. The van der Waals surface area contributed by atoms with Crippen molar-refractivity contribution in [1.82, 2.24) is 20.2 Å². The predicted octanol–water partition coefficient (Wildman–Crippen LogP) is 4.83. The van der Waals surface area contributed by atoms with Gasteiger partial charge in [0.1, 0.15) is 0 Å². The molecule has 0 spiro atoms. The molecule has 0 atom stereocenters. The SMILES string of the molecule is Cc1ccc(NCc2cnc(Cl)s2)c(-c2nnc(-c3ccncc3)o2)c1. The van der Waals surface area contributed by atoms with Crippen molar-refractivity contribution in [2.75, 3.05) is 5.32 Å². The van der Waals surface area contributed by atoms with Crippen LogP contribution in [-0.4, -0.2) is 20.2 Å². The van der Waals surface area contributed by atoms with Crippen molar-refractivity contribution in [3.05, 3.63) is 63.8 Å². The molecule has 8 heteroatoms. The van der Waals surface area contributed by atoms with Crippen LogP contribution < -0.4 is 5.32 Å². The average molecular weight is 384 g/mol. The van der Waals surface area contributed by atoms with Gasteiger partial charge in [-0.05, 0) is 31.2 Å². The molecule has 0 fully saturated rings. The zero-order valence-electron chi connectivity index (χ0n) is 13.8. The lowest BCUT2D eigenvalue weighted by molar-refractivity contribution is 0.584. The Morgan fingerprint density at radius 2 is 1.92 bits per heavy atom. The maximum atomic E-state index is 5.89. The lowest BCUT2D eigenvalue weighted by atomic mass is 10.1. The molecule has 1 aromatic carbocycles. The van der Waals surface area contributed by atoms with E-state index in [0.29, 0.717) is 22.8 Å². The second-order valence-corrected chi connectivity index (χ2v) is 7.33. The summed E-state index contributed by atoms with van der Waals surface area (Å²) in [5.74, 6) is 0.925. The summed E-state index contributed by atoms with van der Waals surface area (Å²) >= 11 is 7.34. The van der Waals surface area contributed by atoms with E-state index < -0.39 is 0 Å². The molecule has 3 heterocycles. The molecule has 0 aliphatic carbocycles. The molecule has 0 aliphatic rings. The maximum Gasteiger partial charge on any atom is 0.250 e.